The lowest BCUT2D eigenvalue weighted by Crippen LogP contribution is -2.70. The highest BCUT2D eigenvalue weighted by Gasteiger charge is 2.65. The van der Waals surface area contributed by atoms with Crippen molar-refractivity contribution in [2.45, 2.75) is 110 Å². The van der Waals surface area contributed by atoms with Crippen molar-refractivity contribution in [2.75, 3.05) is 52.8 Å². The first-order valence-electron chi connectivity index (χ1n) is 21.0. The molecule has 0 aromatic heterocycles. The van der Waals surface area contributed by atoms with Crippen LogP contribution in [0.15, 0.2) is 65.9 Å². The Balaban J connectivity index is 1.79. The molecular formula is C46H66N2O10. The number of aliphatic hydroxyl groups is 3. The Labute approximate surface area is 344 Å². The van der Waals surface area contributed by atoms with Crippen LogP contribution in [0.25, 0.3) is 0 Å². The number of nitrogens with zero attached hydrogens (tertiary/aromatic N) is 2. The van der Waals surface area contributed by atoms with Gasteiger partial charge in [0.2, 0.25) is 5.79 Å². The Morgan fingerprint density at radius 1 is 0.983 bits per heavy atom. The van der Waals surface area contributed by atoms with E-state index in [1.807, 2.05) is 45.0 Å². The monoisotopic (exact) mass is 806 g/mol. The van der Waals surface area contributed by atoms with E-state index in [1.54, 1.807) is 17.9 Å². The van der Waals surface area contributed by atoms with Crippen LogP contribution in [0.5, 0.6) is 17.2 Å². The van der Waals surface area contributed by atoms with E-state index in [-0.39, 0.29) is 77.0 Å². The van der Waals surface area contributed by atoms with Crippen molar-refractivity contribution in [2.24, 2.45) is 22.9 Å². The third-order valence-corrected chi connectivity index (χ3v) is 11.4. The molecule has 2 aromatic rings. The number of allylic oxidation sites excluding steroid dienone is 1. The number of rotatable bonds is 21. The maximum absolute atomic E-state index is 14.1. The fraction of sp³-hybridized carbons (Fsp3) is 0.609. The van der Waals surface area contributed by atoms with Crippen LogP contribution >= 0.6 is 0 Å². The Hall–Kier alpha value is -3.94. The van der Waals surface area contributed by atoms with Crippen molar-refractivity contribution in [3.63, 3.8) is 0 Å². The van der Waals surface area contributed by atoms with Crippen LogP contribution in [0.3, 0.4) is 0 Å². The number of amides is 1. The predicted octanol–water partition coefficient (Wildman–Crippen LogP) is 8.00. The maximum Gasteiger partial charge on any atom is 0.410 e. The summed E-state index contributed by atoms with van der Waals surface area (Å²) in [7, 11) is 0. The molecular weight excluding hydrogens is 741 g/mol. The van der Waals surface area contributed by atoms with E-state index in [0.29, 0.717) is 30.1 Å². The minimum absolute atomic E-state index is 0.0534. The molecule has 2 aromatic carbocycles. The average Bonchev–Trinajstić information content (AvgIpc) is 3.19. The molecule has 1 aliphatic heterocycles. The summed E-state index contributed by atoms with van der Waals surface area (Å²) >= 11 is 0. The van der Waals surface area contributed by atoms with Gasteiger partial charge >= 0.3 is 6.09 Å². The average molecular weight is 807 g/mol. The Morgan fingerprint density at radius 2 is 1.71 bits per heavy atom. The molecule has 1 amide bonds. The van der Waals surface area contributed by atoms with E-state index in [2.05, 4.69) is 38.6 Å². The molecule has 0 radical (unpaired) electrons. The number of benzene rings is 2. The van der Waals surface area contributed by atoms with Gasteiger partial charge in [-0.05, 0) is 126 Å². The molecule has 1 heterocycles. The lowest BCUT2D eigenvalue weighted by Gasteiger charge is -2.59. The number of aliphatic hydroxyl groups excluding tert-OH is 3. The van der Waals surface area contributed by atoms with Crippen molar-refractivity contribution in [1.29, 1.82) is 0 Å². The first kappa shape index (κ1) is 45.1. The quantitative estimate of drug-likeness (QED) is 0.0644. The number of carbonyl (C=O) groups excluding carboxylic acids is 1. The zero-order valence-electron chi connectivity index (χ0n) is 35.4. The van der Waals surface area contributed by atoms with Gasteiger partial charge in [-0.1, -0.05) is 36.2 Å². The number of fused-ring (bicyclic) bond motifs is 2. The normalized spacial score (nSPS) is 24.3. The largest absolute Gasteiger partial charge is 0.459 e. The van der Waals surface area contributed by atoms with E-state index in [1.165, 1.54) is 5.56 Å². The number of hydrogen-bond acceptors (Lipinski definition) is 11. The number of aryl methyl sites for hydroxylation is 2. The number of unbranched alkanes of at least 4 members (excludes halogenated alkanes) is 2. The zero-order valence-corrected chi connectivity index (χ0v) is 35.4. The summed E-state index contributed by atoms with van der Waals surface area (Å²) in [6, 6.07) is 11.2. The van der Waals surface area contributed by atoms with Crippen LogP contribution in [-0.4, -0.2) is 102 Å². The fourth-order valence-corrected chi connectivity index (χ4v) is 8.73. The first-order valence-corrected chi connectivity index (χ1v) is 21.0. The molecule has 320 valence electrons. The van der Waals surface area contributed by atoms with Gasteiger partial charge in [0, 0.05) is 37.7 Å². The number of hydrogen-bond donors (Lipinski definition) is 3. The van der Waals surface area contributed by atoms with Crippen molar-refractivity contribution >= 4 is 11.8 Å². The minimum Gasteiger partial charge on any atom is -0.459 e. The summed E-state index contributed by atoms with van der Waals surface area (Å²) in [5.41, 5.74) is 4.29. The summed E-state index contributed by atoms with van der Waals surface area (Å²) < 4.78 is 32.3. The topological polar surface area (TPSA) is 149 Å². The molecule has 3 N–H and O–H groups in total. The first-order chi connectivity index (χ1) is 27.9. The summed E-state index contributed by atoms with van der Waals surface area (Å²) in [5, 5.41) is 34.1. The van der Waals surface area contributed by atoms with Crippen molar-refractivity contribution in [3.8, 4) is 17.2 Å². The molecule has 3 aliphatic rings. The SMILES string of the molecule is C=CCOC12Oc3ccc(Oc4ccc(C)c(C)c4)cc3C3C(CCCCO)C(CCCCO)C=C(C(=NOC(C)(C)C)CC1N(CCOCCO)C(=O)OCC)C32. The Kier molecular flexibility index (Phi) is 16.2. The van der Waals surface area contributed by atoms with Gasteiger partial charge in [0.25, 0.3) is 0 Å². The van der Waals surface area contributed by atoms with Crippen LogP contribution in [0.2, 0.25) is 0 Å². The third-order valence-electron chi connectivity index (χ3n) is 11.4. The van der Waals surface area contributed by atoms with Crippen LogP contribution in [0, 0.1) is 31.6 Å². The summed E-state index contributed by atoms with van der Waals surface area (Å²) in [6.45, 7) is 16.5. The lowest BCUT2D eigenvalue weighted by atomic mass is 9.55. The number of carbonyl (C=O) groups is 1. The molecule has 0 saturated heterocycles. The van der Waals surface area contributed by atoms with E-state index in [0.717, 1.165) is 48.1 Å². The highest BCUT2D eigenvalue weighted by molar-refractivity contribution is 6.03. The van der Waals surface area contributed by atoms with Gasteiger partial charge < -0.3 is 43.8 Å². The predicted molar refractivity (Wildman–Crippen MR) is 223 cm³/mol. The second-order valence-corrected chi connectivity index (χ2v) is 16.6. The van der Waals surface area contributed by atoms with Crippen molar-refractivity contribution in [1.82, 2.24) is 4.90 Å². The summed E-state index contributed by atoms with van der Waals surface area (Å²) in [4.78, 5) is 22.0. The molecule has 5 rings (SSSR count). The second-order valence-electron chi connectivity index (χ2n) is 16.6. The van der Waals surface area contributed by atoms with E-state index >= 15 is 0 Å². The van der Waals surface area contributed by atoms with Crippen LogP contribution < -0.4 is 9.47 Å². The molecule has 12 nitrogen and oxygen atoms in total. The zero-order chi connectivity index (χ0) is 41.9. The molecule has 1 fully saturated rings. The fourth-order valence-electron chi connectivity index (χ4n) is 8.73. The summed E-state index contributed by atoms with van der Waals surface area (Å²) in [5.74, 6) is 0.0122. The van der Waals surface area contributed by atoms with Crippen LogP contribution in [0.1, 0.15) is 95.2 Å². The smallest absolute Gasteiger partial charge is 0.410 e. The van der Waals surface area contributed by atoms with Crippen molar-refractivity contribution in [3.05, 3.63) is 77.4 Å². The van der Waals surface area contributed by atoms with Gasteiger partial charge in [-0.2, -0.15) is 0 Å². The molecule has 6 unspecified atom stereocenters. The molecule has 0 bridgehead atoms. The van der Waals surface area contributed by atoms with Crippen molar-refractivity contribution < 1.29 is 48.6 Å². The molecule has 12 heteroatoms. The molecule has 1 saturated carbocycles. The minimum atomic E-state index is -1.44. The van der Waals surface area contributed by atoms with Crippen LogP contribution in [0.4, 0.5) is 4.79 Å². The van der Waals surface area contributed by atoms with Crippen LogP contribution in [-0.2, 0) is 19.0 Å². The molecule has 0 spiro atoms. The Bertz CT molecular complexity index is 1740. The van der Waals surface area contributed by atoms with E-state index < -0.39 is 29.4 Å². The van der Waals surface area contributed by atoms with Gasteiger partial charge in [-0.3, -0.25) is 4.90 Å². The Morgan fingerprint density at radius 3 is 2.38 bits per heavy atom. The molecule has 6 atom stereocenters. The highest BCUT2D eigenvalue weighted by Crippen LogP contribution is 2.62. The van der Waals surface area contributed by atoms with Gasteiger partial charge in [0.1, 0.15) is 28.9 Å². The standard InChI is InChI=1S/C46H66N2O10/c1-8-24-55-46-41(48(44(52)54-9-2)20-25-53-26-23-51)30-39(47-58-45(5,6)7)37-28-33(14-10-12-21-49)36(15-11-13-22-50)42(43(37)46)38-29-35(18-19-40(38)57-46)56-34-17-16-31(3)32(4)27-34/h8,16-19,27-29,33,36,41-43,49-51H,1,9-15,20-26,30H2,2-7H3. The highest BCUT2D eigenvalue weighted by atomic mass is 16.7. The number of ether oxygens (including phenoxy) is 5. The summed E-state index contributed by atoms with van der Waals surface area (Å²) in [6.07, 6.45) is 8.29. The van der Waals surface area contributed by atoms with Gasteiger partial charge in [-0.25, -0.2) is 4.79 Å². The van der Waals surface area contributed by atoms with E-state index in [9.17, 15) is 20.1 Å². The maximum atomic E-state index is 14.1. The van der Waals surface area contributed by atoms with Gasteiger partial charge in [0.05, 0.1) is 44.7 Å². The number of oxime groups is 1. The molecule has 2 aliphatic carbocycles. The van der Waals surface area contributed by atoms with Gasteiger partial charge in [-0.15, -0.1) is 6.58 Å². The third kappa shape index (κ3) is 10.6. The van der Waals surface area contributed by atoms with E-state index in [4.69, 9.17) is 33.7 Å². The second kappa shape index (κ2) is 20.8. The molecule has 58 heavy (non-hydrogen) atoms. The van der Waals surface area contributed by atoms with Gasteiger partial charge in [0.15, 0.2) is 0 Å². The lowest BCUT2D eigenvalue weighted by molar-refractivity contribution is -0.256.